The van der Waals surface area contributed by atoms with Gasteiger partial charge in [-0.3, -0.25) is 0 Å². The first kappa shape index (κ1) is 15.0. The molecule has 98 valence electrons. The summed E-state index contributed by atoms with van der Waals surface area (Å²) in [5.74, 6) is -0.243. The molecule has 0 radical (unpaired) electrons. The van der Waals surface area contributed by atoms with Gasteiger partial charge in [0.2, 0.25) is 0 Å². The molecule has 0 saturated heterocycles. The molecule has 0 aromatic heterocycles. The number of benzene rings is 1. The first-order chi connectivity index (χ1) is 8.31. The van der Waals surface area contributed by atoms with Crippen molar-refractivity contribution in [1.29, 1.82) is 0 Å². The fourth-order valence-corrected chi connectivity index (χ4v) is 3.16. The lowest BCUT2D eigenvalue weighted by Crippen LogP contribution is -2.23. The van der Waals surface area contributed by atoms with Crippen molar-refractivity contribution in [2.24, 2.45) is 0 Å². The van der Waals surface area contributed by atoms with Crippen LogP contribution in [-0.2, 0) is 9.53 Å². The van der Waals surface area contributed by atoms with Crippen LogP contribution in [0.25, 0.3) is 6.08 Å². The Kier molecular flexibility index (Phi) is 5.17. The summed E-state index contributed by atoms with van der Waals surface area (Å²) in [4.78, 5) is 11.8. The molecular formula is C14H19ClO2Si. The Balaban J connectivity index is 3.02. The molecule has 0 saturated carbocycles. The van der Waals surface area contributed by atoms with Gasteiger partial charge in [0.1, 0.15) is 0 Å². The maximum Gasteiger partial charge on any atom is 0.333 e. The smallest absolute Gasteiger partial charge is 0.333 e. The zero-order valence-electron chi connectivity index (χ0n) is 11.3. The number of methoxy groups -OCH3 is 1. The van der Waals surface area contributed by atoms with E-state index in [0.29, 0.717) is 5.02 Å². The Morgan fingerprint density at radius 3 is 2.28 bits per heavy atom. The monoisotopic (exact) mass is 282 g/mol. The van der Waals surface area contributed by atoms with Gasteiger partial charge < -0.3 is 4.74 Å². The van der Waals surface area contributed by atoms with Gasteiger partial charge in [0.05, 0.1) is 7.11 Å². The second-order valence-electron chi connectivity index (χ2n) is 5.45. The van der Waals surface area contributed by atoms with Crippen LogP contribution in [0.5, 0.6) is 0 Å². The van der Waals surface area contributed by atoms with Gasteiger partial charge in [-0.05, 0) is 29.8 Å². The number of rotatable bonds is 4. The molecule has 18 heavy (non-hydrogen) atoms. The number of esters is 1. The third-order valence-electron chi connectivity index (χ3n) is 2.38. The molecule has 0 fully saturated rings. The molecule has 0 N–H and O–H groups in total. The third-order valence-corrected chi connectivity index (χ3v) is 4.07. The molecule has 0 aliphatic heterocycles. The van der Waals surface area contributed by atoms with Crippen LogP contribution >= 0.6 is 11.6 Å². The van der Waals surface area contributed by atoms with Crippen LogP contribution in [0.3, 0.4) is 0 Å². The molecule has 0 spiro atoms. The van der Waals surface area contributed by atoms with Crippen LogP contribution in [0.2, 0.25) is 30.7 Å². The molecular weight excluding hydrogens is 264 g/mol. The van der Waals surface area contributed by atoms with Gasteiger partial charge in [-0.1, -0.05) is 43.4 Å². The minimum absolute atomic E-state index is 0.243. The summed E-state index contributed by atoms with van der Waals surface area (Å²) in [5, 5.41) is 0.692. The van der Waals surface area contributed by atoms with E-state index in [1.165, 1.54) is 7.11 Å². The van der Waals surface area contributed by atoms with Gasteiger partial charge in [-0.2, -0.15) is 0 Å². The van der Waals surface area contributed by atoms with Crippen molar-refractivity contribution in [2.75, 3.05) is 7.11 Å². The molecule has 4 heteroatoms. The van der Waals surface area contributed by atoms with Crippen molar-refractivity contribution in [3.63, 3.8) is 0 Å². The first-order valence-electron chi connectivity index (χ1n) is 5.86. The van der Waals surface area contributed by atoms with Crippen LogP contribution in [-0.4, -0.2) is 21.2 Å². The summed E-state index contributed by atoms with van der Waals surface area (Å²) in [6.45, 7) is 6.68. The van der Waals surface area contributed by atoms with E-state index in [1.807, 2.05) is 30.3 Å². The molecule has 0 amide bonds. The lowest BCUT2D eigenvalue weighted by Gasteiger charge is -2.17. The molecule has 0 bridgehead atoms. The number of hydrogen-bond acceptors (Lipinski definition) is 2. The average molecular weight is 283 g/mol. The van der Waals surface area contributed by atoms with E-state index in [0.717, 1.165) is 17.2 Å². The Hall–Kier alpha value is -1.06. The van der Waals surface area contributed by atoms with Crippen molar-refractivity contribution >= 4 is 31.7 Å². The maximum absolute atomic E-state index is 11.8. The van der Waals surface area contributed by atoms with E-state index in [-0.39, 0.29) is 5.97 Å². The molecule has 0 atom stereocenters. The van der Waals surface area contributed by atoms with E-state index < -0.39 is 8.07 Å². The van der Waals surface area contributed by atoms with Crippen molar-refractivity contribution in [2.45, 2.75) is 25.7 Å². The Bertz CT molecular complexity index is 444. The Morgan fingerprint density at radius 2 is 1.83 bits per heavy atom. The van der Waals surface area contributed by atoms with E-state index in [1.54, 1.807) is 0 Å². The number of carbonyl (C=O) groups excluding carboxylic acids is 1. The van der Waals surface area contributed by atoms with Crippen LogP contribution < -0.4 is 0 Å². The summed E-state index contributed by atoms with van der Waals surface area (Å²) < 4.78 is 4.84. The summed E-state index contributed by atoms with van der Waals surface area (Å²) in [6, 6.07) is 8.24. The minimum atomic E-state index is -1.36. The van der Waals surface area contributed by atoms with Crippen molar-refractivity contribution in [3.8, 4) is 0 Å². The van der Waals surface area contributed by atoms with Gasteiger partial charge in [0.25, 0.3) is 0 Å². The molecule has 0 aliphatic rings. The lowest BCUT2D eigenvalue weighted by atomic mass is 10.1. The van der Waals surface area contributed by atoms with Crippen LogP contribution in [0.1, 0.15) is 5.56 Å². The predicted octanol–water partition coefficient (Wildman–Crippen LogP) is 4.23. The van der Waals surface area contributed by atoms with Crippen molar-refractivity contribution in [3.05, 3.63) is 40.4 Å². The van der Waals surface area contributed by atoms with Gasteiger partial charge in [0.15, 0.2) is 0 Å². The Labute approximate surface area is 115 Å². The van der Waals surface area contributed by atoms with E-state index in [9.17, 15) is 4.79 Å². The highest BCUT2D eigenvalue weighted by molar-refractivity contribution is 6.77. The van der Waals surface area contributed by atoms with Crippen LogP contribution in [0.4, 0.5) is 0 Å². The topological polar surface area (TPSA) is 26.3 Å². The second-order valence-corrected chi connectivity index (χ2v) is 11.4. The highest BCUT2D eigenvalue weighted by atomic mass is 35.5. The summed E-state index contributed by atoms with van der Waals surface area (Å²) in [7, 11) is 0.0596. The fourth-order valence-electron chi connectivity index (χ4n) is 1.64. The highest BCUT2D eigenvalue weighted by Crippen LogP contribution is 2.21. The van der Waals surface area contributed by atoms with E-state index in [2.05, 4.69) is 19.6 Å². The second kappa shape index (κ2) is 6.21. The lowest BCUT2D eigenvalue weighted by molar-refractivity contribution is -0.135. The standard InChI is InChI=1S/C14H19ClO2Si/c1-17-14(16)12(10-18(2,3)4)9-11-5-7-13(15)8-6-11/h5-9H,10H2,1-4H3/b12-9+. The molecule has 0 heterocycles. The van der Waals surface area contributed by atoms with Gasteiger partial charge in [-0.25, -0.2) is 4.79 Å². The summed E-state index contributed by atoms with van der Waals surface area (Å²) in [5.41, 5.74) is 1.71. The number of halogens is 1. The molecule has 0 aliphatic carbocycles. The normalized spacial score (nSPS) is 12.4. The van der Waals surface area contributed by atoms with E-state index in [4.69, 9.17) is 16.3 Å². The average Bonchev–Trinajstić information content (AvgIpc) is 2.28. The van der Waals surface area contributed by atoms with E-state index >= 15 is 0 Å². The van der Waals surface area contributed by atoms with Crippen LogP contribution in [0.15, 0.2) is 29.8 Å². The summed E-state index contributed by atoms with van der Waals surface area (Å²) in [6.07, 6.45) is 1.89. The quantitative estimate of drug-likeness (QED) is 0.469. The molecule has 1 aromatic carbocycles. The van der Waals surface area contributed by atoms with Gasteiger partial charge in [-0.15, -0.1) is 0 Å². The molecule has 1 rings (SSSR count). The third kappa shape index (κ3) is 5.06. The largest absolute Gasteiger partial charge is 0.466 e. The SMILES string of the molecule is COC(=O)/C(=C/c1ccc(Cl)cc1)C[Si](C)(C)C. The molecule has 1 aromatic rings. The predicted molar refractivity (Wildman–Crippen MR) is 79.6 cm³/mol. The molecule has 0 unspecified atom stereocenters. The Morgan fingerprint density at radius 1 is 1.28 bits per heavy atom. The van der Waals surface area contributed by atoms with Crippen LogP contribution in [0, 0.1) is 0 Å². The number of hydrogen-bond donors (Lipinski definition) is 0. The van der Waals surface area contributed by atoms with Crippen molar-refractivity contribution < 1.29 is 9.53 Å². The highest BCUT2D eigenvalue weighted by Gasteiger charge is 2.20. The number of ether oxygens (including phenoxy) is 1. The summed E-state index contributed by atoms with van der Waals surface area (Å²) >= 11 is 5.84. The first-order valence-corrected chi connectivity index (χ1v) is 9.95. The number of carbonyl (C=O) groups is 1. The molecule has 2 nitrogen and oxygen atoms in total. The fraction of sp³-hybridized carbons (Fsp3) is 0.357. The zero-order valence-corrected chi connectivity index (χ0v) is 13.0. The minimum Gasteiger partial charge on any atom is -0.466 e. The maximum atomic E-state index is 11.8. The zero-order chi connectivity index (χ0) is 13.8. The van der Waals surface area contributed by atoms with Crippen molar-refractivity contribution in [1.82, 2.24) is 0 Å². The van der Waals surface area contributed by atoms with Gasteiger partial charge >= 0.3 is 5.97 Å². The van der Waals surface area contributed by atoms with Gasteiger partial charge in [0, 0.05) is 18.7 Å².